The third-order valence-electron chi connectivity index (χ3n) is 4.08. The number of fused-ring (bicyclic) bond motifs is 1. The van der Waals surface area contributed by atoms with Crippen molar-refractivity contribution in [3.05, 3.63) is 70.5 Å². The maximum absolute atomic E-state index is 13.4. The molecule has 7 heteroatoms. The number of amides is 2. The van der Waals surface area contributed by atoms with Gasteiger partial charge in [0.2, 0.25) is 0 Å². The zero-order valence-corrected chi connectivity index (χ0v) is 14.0. The van der Waals surface area contributed by atoms with Crippen molar-refractivity contribution in [2.45, 2.75) is 13.0 Å². The zero-order valence-electron chi connectivity index (χ0n) is 13.1. The lowest BCUT2D eigenvalue weighted by Gasteiger charge is -2.19. The van der Waals surface area contributed by atoms with Crippen LogP contribution < -0.4 is 0 Å². The first-order valence-electron chi connectivity index (χ1n) is 7.62. The summed E-state index contributed by atoms with van der Waals surface area (Å²) in [6.45, 7) is 1.73. The van der Waals surface area contributed by atoms with Crippen molar-refractivity contribution in [1.82, 2.24) is 15.1 Å². The maximum atomic E-state index is 13.4. The van der Waals surface area contributed by atoms with E-state index in [-0.39, 0.29) is 17.6 Å². The van der Waals surface area contributed by atoms with Crippen LogP contribution in [0.1, 0.15) is 38.7 Å². The number of aromatic nitrogens is 2. The average Bonchev–Trinajstić information content (AvgIpc) is 3.20. The van der Waals surface area contributed by atoms with Crippen LogP contribution in [0, 0.1) is 5.82 Å². The molecule has 2 aromatic carbocycles. The standard InChI is InChI=1S/C18H12FN3O2S/c1-10(22-17(23)13-7-2-3-8-14(13)18(22)24)15-20-21-16(25-15)11-5-4-6-12(19)9-11/h2-10H,1H3. The summed E-state index contributed by atoms with van der Waals surface area (Å²) in [5.41, 5.74) is 1.40. The van der Waals surface area contributed by atoms with Gasteiger partial charge in [-0.25, -0.2) is 4.39 Å². The fraction of sp³-hybridized carbons (Fsp3) is 0.111. The zero-order chi connectivity index (χ0) is 17.6. The number of carbonyl (C=O) groups excluding carboxylic acids is 2. The molecule has 1 aromatic heterocycles. The van der Waals surface area contributed by atoms with Gasteiger partial charge in [0.25, 0.3) is 11.8 Å². The number of hydrogen-bond donors (Lipinski definition) is 0. The SMILES string of the molecule is CC(c1nnc(-c2cccc(F)c2)s1)N1C(=O)c2ccccc2C1=O. The molecule has 1 aliphatic heterocycles. The van der Waals surface area contributed by atoms with Crippen LogP contribution in [0.2, 0.25) is 0 Å². The molecular formula is C18H12FN3O2S. The number of rotatable bonds is 3. The molecule has 0 radical (unpaired) electrons. The third-order valence-corrected chi connectivity index (χ3v) is 5.22. The van der Waals surface area contributed by atoms with Gasteiger partial charge in [0.05, 0.1) is 17.2 Å². The van der Waals surface area contributed by atoms with Gasteiger partial charge in [-0.2, -0.15) is 0 Å². The highest BCUT2D eigenvalue weighted by Crippen LogP contribution is 2.34. The molecule has 5 nitrogen and oxygen atoms in total. The molecule has 0 saturated heterocycles. The number of hydrogen-bond acceptors (Lipinski definition) is 5. The Balaban J connectivity index is 1.66. The highest BCUT2D eigenvalue weighted by Gasteiger charge is 2.39. The van der Waals surface area contributed by atoms with Crippen LogP contribution in [0.25, 0.3) is 10.6 Å². The van der Waals surface area contributed by atoms with E-state index in [0.717, 1.165) is 0 Å². The molecule has 3 aromatic rings. The fourth-order valence-electron chi connectivity index (χ4n) is 2.81. The molecule has 1 atom stereocenters. The second kappa shape index (κ2) is 5.86. The Morgan fingerprint density at radius 2 is 1.68 bits per heavy atom. The van der Waals surface area contributed by atoms with Crippen LogP contribution in [0.15, 0.2) is 48.5 Å². The number of carbonyl (C=O) groups is 2. The molecule has 124 valence electrons. The van der Waals surface area contributed by atoms with E-state index in [2.05, 4.69) is 10.2 Å². The lowest BCUT2D eigenvalue weighted by molar-refractivity contribution is 0.0594. The summed E-state index contributed by atoms with van der Waals surface area (Å²) in [7, 11) is 0. The van der Waals surface area contributed by atoms with E-state index in [1.807, 2.05) is 0 Å². The van der Waals surface area contributed by atoms with Crippen molar-refractivity contribution in [3.8, 4) is 10.6 Å². The molecule has 1 unspecified atom stereocenters. The van der Waals surface area contributed by atoms with Crippen molar-refractivity contribution >= 4 is 23.2 Å². The third kappa shape index (κ3) is 2.53. The van der Waals surface area contributed by atoms with E-state index >= 15 is 0 Å². The molecule has 0 spiro atoms. The van der Waals surface area contributed by atoms with Crippen LogP contribution in [-0.4, -0.2) is 26.9 Å². The van der Waals surface area contributed by atoms with Crippen LogP contribution in [-0.2, 0) is 0 Å². The minimum Gasteiger partial charge on any atom is -0.269 e. The smallest absolute Gasteiger partial charge is 0.262 e. The number of nitrogens with zero attached hydrogens (tertiary/aromatic N) is 3. The summed E-state index contributed by atoms with van der Waals surface area (Å²) >= 11 is 1.24. The Bertz CT molecular complexity index is 966. The van der Waals surface area contributed by atoms with Crippen molar-refractivity contribution in [1.29, 1.82) is 0 Å². The first-order valence-corrected chi connectivity index (χ1v) is 8.44. The summed E-state index contributed by atoms with van der Waals surface area (Å²) < 4.78 is 13.4. The Kier molecular flexibility index (Phi) is 3.65. The molecule has 0 bridgehead atoms. The quantitative estimate of drug-likeness (QED) is 0.674. The molecule has 0 N–H and O–H groups in total. The number of imide groups is 1. The molecule has 2 amide bonds. The summed E-state index contributed by atoms with van der Waals surface area (Å²) in [6.07, 6.45) is 0. The summed E-state index contributed by atoms with van der Waals surface area (Å²) in [5, 5.41) is 9.23. The van der Waals surface area contributed by atoms with Crippen molar-refractivity contribution in [2.75, 3.05) is 0 Å². The minimum absolute atomic E-state index is 0.337. The second-order valence-electron chi connectivity index (χ2n) is 5.66. The fourth-order valence-corrected chi connectivity index (χ4v) is 3.69. The highest BCUT2D eigenvalue weighted by atomic mass is 32.1. The van der Waals surface area contributed by atoms with Gasteiger partial charge in [-0.3, -0.25) is 14.5 Å². The van der Waals surface area contributed by atoms with Gasteiger partial charge < -0.3 is 0 Å². The summed E-state index contributed by atoms with van der Waals surface area (Å²) in [6, 6.07) is 12.2. The minimum atomic E-state index is -0.549. The number of halogens is 1. The van der Waals surface area contributed by atoms with Crippen molar-refractivity contribution in [3.63, 3.8) is 0 Å². The van der Waals surface area contributed by atoms with Gasteiger partial charge in [-0.1, -0.05) is 35.6 Å². The van der Waals surface area contributed by atoms with Crippen molar-refractivity contribution in [2.24, 2.45) is 0 Å². The first-order chi connectivity index (χ1) is 12.1. The topological polar surface area (TPSA) is 63.2 Å². The van der Waals surface area contributed by atoms with Crippen LogP contribution in [0.3, 0.4) is 0 Å². The van der Waals surface area contributed by atoms with Gasteiger partial charge in [0.15, 0.2) is 0 Å². The van der Waals surface area contributed by atoms with Gasteiger partial charge in [-0.05, 0) is 31.2 Å². The number of benzene rings is 2. The maximum Gasteiger partial charge on any atom is 0.262 e. The molecule has 0 aliphatic carbocycles. The summed E-state index contributed by atoms with van der Waals surface area (Å²) in [5.74, 6) is -1.03. The Labute approximate surface area is 146 Å². The van der Waals surface area contributed by atoms with E-state index in [4.69, 9.17) is 0 Å². The van der Waals surface area contributed by atoms with Gasteiger partial charge >= 0.3 is 0 Å². The van der Waals surface area contributed by atoms with E-state index in [1.165, 1.54) is 28.4 Å². The molecule has 2 heterocycles. The molecule has 0 fully saturated rings. The van der Waals surface area contributed by atoms with E-state index < -0.39 is 6.04 Å². The van der Waals surface area contributed by atoms with Crippen LogP contribution in [0.4, 0.5) is 4.39 Å². The van der Waals surface area contributed by atoms with E-state index in [9.17, 15) is 14.0 Å². The van der Waals surface area contributed by atoms with Gasteiger partial charge in [-0.15, -0.1) is 10.2 Å². The predicted molar refractivity (Wildman–Crippen MR) is 90.7 cm³/mol. The van der Waals surface area contributed by atoms with Gasteiger partial charge in [0, 0.05) is 5.56 Å². The van der Waals surface area contributed by atoms with Crippen LogP contribution >= 0.6 is 11.3 Å². The van der Waals surface area contributed by atoms with Crippen molar-refractivity contribution < 1.29 is 14.0 Å². The molecular weight excluding hydrogens is 341 g/mol. The predicted octanol–water partition coefficient (Wildman–Crippen LogP) is 3.70. The monoisotopic (exact) mass is 353 g/mol. The first kappa shape index (κ1) is 15.6. The summed E-state index contributed by atoms with van der Waals surface area (Å²) in [4.78, 5) is 26.3. The van der Waals surface area contributed by atoms with E-state index in [0.29, 0.717) is 26.7 Å². The Morgan fingerprint density at radius 1 is 1.00 bits per heavy atom. The highest BCUT2D eigenvalue weighted by molar-refractivity contribution is 7.14. The average molecular weight is 353 g/mol. The normalized spacial score (nSPS) is 14.7. The largest absolute Gasteiger partial charge is 0.269 e. The molecule has 25 heavy (non-hydrogen) atoms. The Hall–Kier alpha value is -2.93. The van der Waals surface area contributed by atoms with Gasteiger partial charge in [0.1, 0.15) is 15.8 Å². The molecule has 0 saturated carbocycles. The Morgan fingerprint density at radius 3 is 2.32 bits per heavy atom. The lowest BCUT2D eigenvalue weighted by atomic mass is 10.1. The molecule has 4 rings (SSSR count). The van der Waals surface area contributed by atoms with Crippen LogP contribution in [0.5, 0.6) is 0 Å². The van der Waals surface area contributed by atoms with E-state index in [1.54, 1.807) is 43.3 Å². The lowest BCUT2D eigenvalue weighted by Crippen LogP contribution is -2.32. The second-order valence-corrected chi connectivity index (χ2v) is 6.67. The molecule has 1 aliphatic rings.